The van der Waals surface area contributed by atoms with Gasteiger partial charge in [-0.25, -0.2) is 0 Å². The van der Waals surface area contributed by atoms with E-state index in [9.17, 15) is 10.1 Å². The molecular weight excluding hydrogens is 388 g/mol. The van der Waals surface area contributed by atoms with Gasteiger partial charge in [-0.1, -0.05) is 48.0 Å². The molecule has 3 rings (SSSR count). The van der Waals surface area contributed by atoms with Crippen LogP contribution in [0.25, 0.3) is 6.08 Å². The summed E-state index contributed by atoms with van der Waals surface area (Å²) in [6.45, 7) is 4.28. The van der Waals surface area contributed by atoms with Gasteiger partial charge < -0.3 is 14.8 Å². The first kappa shape index (κ1) is 21.7. The highest BCUT2D eigenvalue weighted by atomic mass is 16.5. The maximum absolute atomic E-state index is 12.7. The van der Waals surface area contributed by atoms with Gasteiger partial charge in [0.2, 0.25) is 0 Å². The number of nitrogens with one attached hydrogen (secondary N) is 1. The first-order valence-corrected chi connectivity index (χ1v) is 9.85. The number of hydrogen-bond acceptors (Lipinski definition) is 4. The maximum Gasteiger partial charge on any atom is 0.266 e. The molecule has 31 heavy (non-hydrogen) atoms. The molecule has 1 N–H and O–H groups in total. The second-order valence-electron chi connectivity index (χ2n) is 7.12. The molecule has 156 valence electrons. The average Bonchev–Trinajstić information content (AvgIpc) is 2.79. The molecule has 3 aromatic carbocycles. The molecule has 0 bridgehead atoms. The van der Waals surface area contributed by atoms with Crippen molar-refractivity contribution in [1.29, 1.82) is 5.26 Å². The summed E-state index contributed by atoms with van der Waals surface area (Å²) in [7, 11) is 1.57. The fraction of sp³-hybridized carbons (Fsp3) is 0.154. The number of carbonyl (C=O) groups is 1. The number of aryl methyl sites for hydroxylation is 2. The van der Waals surface area contributed by atoms with E-state index in [1.807, 2.05) is 62.4 Å². The van der Waals surface area contributed by atoms with Crippen molar-refractivity contribution in [3.8, 4) is 17.6 Å². The number of para-hydroxylation sites is 1. The standard InChI is InChI=1S/C26H24N2O3/c1-18-8-10-20(11-9-18)17-31-25-15-23(30-3)13-12-21(25)14-22(16-27)26(29)28-24-7-5-4-6-19(24)2/h4-15H,17H2,1-3H3,(H,28,29)/b22-14+. The zero-order valence-electron chi connectivity index (χ0n) is 17.8. The lowest BCUT2D eigenvalue weighted by Gasteiger charge is -2.12. The van der Waals surface area contributed by atoms with Crippen molar-refractivity contribution >= 4 is 17.7 Å². The van der Waals surface area contributed by atoms with Gasteiger partial charge in [-0.2, -0.15) is 5.26 Å². The molecule has 0 atom stereocenters. The quantitative estimate of drug-likeness (QED) is 0.414. The van der Waals surface area contributed by atoms with Crippen molar-refractivity contribution in [2.45, 2.75) is 20.5 Å². The van der Waals surface area contributed by atoms with Crippen LogP contribution < -0.4 is 14.8 Å². The largest absolute Gasteiger partial charge is 0.497 e. The topological polar surface area (TPSA) is 71.3 Å². The van der Waals surface area contributed by atoms with Crippen LogP contribution in [0.2, 0.25) is 0 Å². The third-order valence-electron chi connectivity index (χ3n) is 4.79. The smallest absolute Gasteiger partial charge is 0.266 e. The molecule has 0 saturated heterocycles. The molecule has 0 aliphatic heterocycles. The Kier molecular flexibility index (Phi) is 7.08. The molecule has 0 heterocycles. The molecule has 1 amide bonds. The Morgan fingerprint density at radius 1 is 1.06 bits per heavy atom. The molecule has 0 aliphatic rings. The van der Waals surface area contributed by atoms with Crippen molar-refractivity contribution in [3.05, 3.63) is 94.6 Å². The second kappa shape index (κ2) is 10.1. The number of ether oxygens (including phenoxy) is 2. The van der Waals surface area contributed by atoms with Crippen molar-refractivity contribution in [2.75, 3.05) is 12.4 Å². The van der Waals surface area contributed by atoms with E-state index in [1.165, 1.54) is 11.6 Å². The number of carbonyl (C=O) groups excluding carboxylic acids is 1. The van der Waals surface area contributed by atoms with E-state index in [0.717, 1.165) is 11.1 Å². The highest BCUT2D eigenvalue weighted by Crippen LogP contribution is 2.28. The van der Waals surface area contributed by atoms with Crippen LogP contribution in [0.5, 0.6) is 11.5 Å². The van der Waals surface area contributed by atoms with Crippen molar-refractivity contribution < 1.29 is 14.3 Å². The molecule has 5 nitrogen and oxygen atoms in total. The summed E-state index contributed by atoms with van der Waals surface area (Å²) in [6, 6.07) is 22.7. The fourth-order valence-corrected chi connectivity index (χ4v) is 2.94. The monoisotopic (exact) mass is 412 g/mol. The van der Waals surface area contributed by atoms with E-state index < -0.39 is 5.91 Å². The van der Waals surface area contributed by atoms with Gasteiger partial charge in [-0.15, -0.1) is 0 Å². The number of methoxy groups -OCH3 is 1. The van der Waals surface area contributed by atoms with Crippen LogP contribution in [0.3, 0.4) is 0 Å². The molecule has 0 saturated carbocycles. The molecule has 0 fully saturated rings. The van der Waals surface area contributed by atoms with Gasteiger partial charge in [0, 0.05) is 17.3 Å². The van der Waals surface area contributed by atoms with E-state index in [1.54, 1.807) is 31.4 Å². The van der Waals surface area contributed by atoms with Crippen LogP contribution in [0.15, 0.2) is 72.3 Å². The molecule has 0 radical (unpaired) electrons. The molecule has 5 heteroatoms. The first-order chi connectivity index (χ1) is 15.0. The normalized spacial score (nSPS) is 10.8. The van der Waals surface area contributed by atoms with E-state index in [0.29, 0.717) is 29.4 Å². The number of hydrogen-bond donors (Lipinski definition) is 1. The van der Waals surface area contributed by atoms with Crippen LogP contribution in [-0.4, -0.2) is 13.0 Å². The van der Waals surface area contributed by atoms with E-state index >= 15 is 0 Å². The number of rotatable bonds is 7. The Bertz CT molecular complexity index is 1140. The minimum Gasteiger partial charge on any atom is -0.497 e. The van der Waals surface area contributed by atoms with E-state index in [4.69, 9.17) is 9.47 Å². The van der Waals surface area contributed by atoms with Gasteiger partial charge in [-0.05, 0) is 49.2 Å². The number of benzene rings is 3. The SMILES string of the molecule is COc1ccc(/C=C(\C#N)C(=O)Nc2ccccc2C)c(OCc2ccc(C)cc2)c1. The van der Waals surface area contributed by atoms with E-state index in [2.05, 4.69) is 5.32 Å². The molecule has 3 aromatic rings. The highest BCUT2D eigenvalue weighted by Gasteiger charge is 2.13. The van der Waals surface area contributed by atoms with Crippen LogP contribution >= 0.6 is 0 Å². The van der Waals surface area contributed by atoms with Gasteiger partial charge in [0.1, 0.15) is 29.7 Å². The van der Waals surface area contributed by atoms with Crippen molar-refractivity contribution in [2.24, 2.45) is 0 Å². The number of anilines is 1. The summed E-state index contributed by atoms with van der Waals surface area (Å²) in [6.07, 6.45) is 1.53. The summed E-state index contributed by atoms with van der Waals surface area (Å²) >= 11 is 0. The van der Waals surface area contributed by atoms with Gasteiger partial charge in [-0.3, -0.25) is 4.79 Å². The Balaban J connectivity index is 1.86. The van der Waals surface area contributed by atoms with Crippen LogP contribution in [0, 0.1) is 25.2 Å². The van der Waals surface area contributed by atoms with Crippen molar-refractivity contribution in [3.63, 3.8) is 0 Å². The zero-order chi connectivity index (χ0) is 22.2. The van der Waals surface area contributed by atoms with Gasteiger partial charge in [0.25, 0.3) is 5.91 Å². The lowest BCUT2D eigenvalue weighted by Crippen LogP contribution is -2.14. The Labute approximate surface area is 182 Å². The number of amides is 1. The Morgan fingerprint density at radius 3 is 2.48 bits per heavy atom. The summed E-state index contributed by atoms with van der Waals surface area (Å²) < 4.78 is 11.3. The van der Waals surface area contributed by atoms with Gasteiger partial charge in [0.15, 0.2) is 0 Å². The fourth-order valence-electron chi connectivity index (χ4n) is 2.94. The lowest BCUT2D eigenvalue weighted by molar-refractivity contribution is -0.112. The average molecular weight is 412 g/mol. The van der Waals surface area contributed by atoms with Crippen LogP contribution in [0.1, 0.15) is 22.3 Å². The summed E-state index contributed by atoms with van der Waals surface area (Å²) in [4.78, 5) is 12.7. The molecule has 0 aliphatic carbocycles. The third kappa shape index (κ3) is 5.74. The Morgan fingerprint density at radius 2 is 1.81 bits per heavy atom. The number of nitrogens with zero attached hydrogens (tertiary/aromatic N) is 1. The minimum atomic E-state index is -0.475. The molecular formula is C26H24N2O3. The van der Waals surface area contributed by atoms with E-state index in [-0.39, 0.29) is 5.57 Å². The third-order valence-corrected chi connectivity index (χ3v) is 4.79. The van der Waals surface area contributed by atoms with Crippen molar-refractivity contribution in [1.82, 2.24) is 0 Å². The molecule has 0 unspecified atom stereocenters. The summed E-state index contributed by atoms with van der Waals surface area (Å²) in [5.41, 5.74) is 4.37. The number of nitriles is 1. The zero-order valence-corrected chi connectivity index (χ0v) is 17.8. The minimum absolute atomic E-state index is 0.0198. The Hall–Kier alpha value is -4.04. The van der Waals surface area contributed by atoms with Crippen LogP contribution in [-0.2, 0) is 11.4 Å². The lowest BCUT2D eigenvalue weighted by atomic mass is 10.1. The molecule has 0 spiro atoms. The highest BCUT2D eigenvalue weighted by molar-refractivity contribution is 6.10. The van der Waals surface area contributed by atoms with Gasteiger partial charge in [0.05, 0.1) is 7.11 Å². The van der Waals surface area contributed by atoms with Gasteiger partial charge >= 0.3 is 0 Å². The predicted octanol–water partition coefficient (Wildman–Crippen LogP) is 5.44. The summed E-state index contributed by atoms with van der Waals surface area (Å²) in [5, 5.41) is 12.4. The molecule has 0 aromatic heterocycles. The maximum atomic E-state index is 12.7. The predicted molar refractivity (Wildman–Crippen MR) is 122 cm³/mol. The second-order valence-corrected chi connectivity index (χ2v) is 7.12. The summed E-state index contributed by atoms with van der Waals surface area (Å²) in [5.74, 6) is 0.674. The first-order valence-electron chi connectivity index (χ1n) is 9.85. The van der Waals surface area contributed by atoms with Crippen LogP contribution in [0.4, 0.5) is 5.69 Å².